The third-order valence-corrected chi connectivity index (χ3v) is 5.73. The molecule has 8 nitrogen and oxygen atoms in total. The van der Waals surface area contributed by atoms with E-state index in [1.54, 1.807) is 66.2 Å². The van der Waals surface area contributed by atoms with E-state index >= 15 is 0 Å². The maximum absolute atomic E-state index is 13.5. The molecule has 0 aliphatic heterocycles. The normalized spacial score (nSPS) is 12.2. The Kier molecular flexibility index (Phi) is 5.07. The summed E-state index contributed by atoms with van der Waals surface area (Å²) in [6.45, 7) is 1.76. The number of fused-ring (bicyclic) bond motifs is 2. The zero-order chi connectivity index (χ0) is 23.1. The molecule has 3 N–H and O–H groups in total. The lowest BCUT2D eigenvalue weighted by atomic mass is 10.1. The quantitative estimate of drug-likeness (QED) is 0.426. The van der Waals surface area contributed by atoms with Gasteiger partial charge in [-0.1, -0.05) is 41.9 Å². The van der Waals surface area contributed by atoms with Crippen LogP contribution in [0.2, 0.25) is 5.02 Å². The Morgan fingerprint density at radius 3 is 2.61 bits per heavy atom. The van der Waals surface area contributed by atoms with Crippen molar-refractivity contribution in [1.82, 2.24) is 24.5 Å². The predicted molar refractivity (Wildman–Crippen MR) is 128 cm³/mol. The van der Waals surface area contributed by atoms with Crippen molar-refractivity contribution in [1.29, 1.82) is 0 Å². The molecule has 0 aliphatic carbocycles. The second kappa shape index (κ2) is 8.07. The number of carbonyl (C=O) groups excluding carboxylic acids is 1. The molecule has 3 heterocycles. The van der Waals surface area contributed by atoms with Crippen LogP contribution < -0.4 is 16.6 Å². The van der Waals surface area contributed by atoms with Crippen LogP contribution >= 0.6 is 11.6 Å². The second-order valence-corrected chi connectivity index (χ2v) is 7.97. The van der Waals surface area contributed by atoms with Gasteiger partial charge in [-0.05, 0) is 43.3 Å². The van der Waals surface area contributed by atoms with Crippen LogP contribution in [0.25, 0.3) is 22.1 Å². The second-order valence-electron chi connectivity index (χ2n) is 7.57. The molecule has 0 saturated heterocycles. The molecule has 1 amide bonds. The topological polar surface area (TPSA) is 107 Å². The number of anilines is 1. The molecule has 33 heavy (non-hydrogen) atoms. The van der Waals surface area contributed by atoms with Crippen molar-refractivity contribution >= 4 is 39.7 Å². The summed E-state index contributed by atoms with van der Waals surface area (Å²) in [5.74, 6) is 0.0650. The molecule has 5 aromatic rings. The van der Waals surface area contributed by atoms with Crippen molar-refractivity contribution in [2.24, 2.45) is 0 Å². The fourth-order valence-corrected chi connectivity index (χ4v) is 4.16. The Bertz CT molecular complexity index is 1580. The van der Waals surface area contributed by atoms with Crippen molar-refractivity contribution in [3.63, 3.8) is 0 Å². The number of aromatic nitrogens is 4. The first-order valence-corrected chi connectivity index (χ1v) is 10.6. The maximum atomic E-state index is 13.5. The van der Waals surface area contributed by atoms with Crippen LogP contribution in [0.1, 0.15) is 29.1 Å². The van der Waals surface area contributed by atoms with Gasteiger partial charge in [-0.2, -0.15) is 0 Å². The molecule has 5 rings (SSSR count). The van der Waals surface area contributed by atoms with E-state index in [0.29, 0.717) is 33.0 Å². The fraction of sp³-hybridized carbons (Fsp3) is 0.0833. The zero-order valence-electron chi connectivity index (χ0n) is 17.6. The van der Waals surface area contributed by atoms with E-state index in [-0.39, 0.29) is 16.9 Å². The highest BCUT2D eigenvalue weighted by molar-refractivity contribution is 6.35. The Labute approximate surface area is 193 Å². The Balaban J connectivity index is 1.64. The smallest absolute Gasteiger partial charge is 0.267 e. The van der Waals surface area contributed by atoms with Crippen LogP contribution in [0.3, 0.4) is 0 Å². The highest BCUT2D eigenvalue weighted by Gasteiger charge is 2.24. The first-order chi connectivity index (χ1) is 16.0. The van der Waals surface area contributed by atoms with Gasteiger partial charge in [0, 0.05) is 6.20 Å². The standard InChI is InChI=1S/C24H19ClN6O2/c1-14(27-23(32)20-18-12-5-6-13-30(18)29-21(20)26)22-28-17-11-7-10-16(25)19(17)24(33)31(22)15-8-3-2-4-9-15/h2-14H,1H3,(H2,26,29)(H,27,32)/t14-/m0/s1. The Morgan fingerprint density at radius 2 is 1.82 bits per heavy atom. The molecule has 0 aliphatic rings. The van der Waals surface area contributed by atoms with Gasteiger partial charge in [-0.25, -0.2) is 9.50 Å². The number of nitrogen functional groups attached to an aromatic ring is 1. The Hall–Kier alpha value is -4.17. The molecule has 0 radical (unpaired) electrons. The van der Waals surface area contributed by atoms with Gasteiger partial charge < -0.3 is 11.1 Å². The summed E-state index contributed by atoms with van der Waals surface area (Å²) < 4.78 is 3.02. The van der Waals surface area contributed by atoms with Crippen molar-refractivity contribution in [3.05, 3.63) is 99.7 Å². The molecule has 2 aromatic carbocycles. The monoisotopic (exact) mass is 458 g/mol. The van der Waals surface area contributed by atoms with Gasteiger partial charge in [0.2, 0.25) is 0 Å². The summed E-state index contributed by atoms with van der Waals surface area (Å²) in [5, 5.41) is 7.75. The molecule has 1 atom stereocenters. The molecule has 0 fully saturated rings. The first kappa shape index (κ1) is 20.7. The van der Waals surface area contributed by atoms with Gasteiger partial charge in [0.25, 0.3) is 11.5 Å². The van der Waals surface area contributed by atoms with E-state index in [0.717, 1.165) is 0 Å². The predicted octanol–water partition coefficient (Wildman–Crippen LogP) is 3.76. The van der Waals surface area contributed by atoms with Crippen molar-refractivity contribution in [3.8, 4) is 5.69 Å². The largest absolute Gasteiger partial charge is 0.382 e. The number of pyridine rings is 1. The number of nitrogens with zero attached hydrogens (tertiary/aromatic N) is 4. The van der Waals surface area contributed by atoms with E-state index in [4.69, 9.17) is 22.3 Å². The summed E-state index contributed by atoms with van der Waals surface area (Å²) in [7, 11) is 0. The van der Waals surface area contributed by atoms with Crippen LogP contribution in [0.5, 0.6) is 0 Å². The third-order valence-electron chi connectivity index (χ3n) is 5.42. The summed E-state index contributed by atoms with van der Waals surface area (Å²) in [6, 6.07) is 18.9. The molecular weight excluding hydrogens is 440 g/mol. The summed E-state index contributed by atoms with van der Waals surface area (Å²) in [4.78, 5) is 31.4. The van der Waals surface area contributed by atoms with E-state index in [9.17, 15) is 9.59 Å². The maximum Gasteiger partial charge on any atom is 0.267 e. The number of carbonyl (C=O) groups is 1. The molecule has 0 bridgehead atoms. The van der Waals surface area contributed by atoms with Crippen LogP contribution in [0, 0.1) is 0 Å². The number of para-hydroxylation sites is 1. The third kappa shape index (κ3) is 3.50. The molecule has 3 aromatic heterocycles. The summed E-state index contributed by atoms with van der Waals surface area (Å²) in [6.07, 6.45) is 1.72. The highest BCUT2D eigenvalue weighted by atomic mass is 35.5. The highest BCUT2D eigenvalue weighted by Crippen LogP contribution is 2.24. The van der Waals surface area contributed by atoms with E-state index in [1.807, 2.05) is 18.2 Å². The van der Waals surface area contributed by atoms with Gasteiger partial charge in [0.05, 0.1) is 33.2 Å². The molecule has 164 valence electrons. The number of benzene rings is 2. The minimum absolute atomic E-state index is 0.115. The van der Waals surface area contributed by atoms with Crippen LogP contribution in [0.4, 0.5) is 5.82 Å². The summed E-state index contributed by atoms with van der Waals surface area (Å²) in [5.41, 5.74) is 7.62. The van der Waals surface area contributed by atoms with Gasteiger partial charge >= 0.3 is 0 Å². The number of rotatable bonds is 4. The van der Waals surface area contributed by atoms with Crippen LogP contribution in [-0.4, -0.2) is 25.1 Å². The van der Waals surface area contributed by atoms with Crippen molar-refractivity contribution in [2.45, 2.75) is 13.0 Å². The molecule has 0 unspecified atom stereocenters. The molecule has 0 spiro atoms. The zero-order valence-corrected chi connectivity index (χ0v) is 18.3. The first-order valence-electron chi connectivity index (χ1n) is 10.3. The van der Waals surface area contributed by atoms with Gasteiger partial charge in [0.1, 0.15) is 11.4 Å². The number of halogens is 1. The summed E-state index contributed by atoms with van der Waals surface area (Å²) >= 11 is 6.33. The minimum atomic E-state index is -0.633. The molecular formula is C24H19ClN6O2. The van der Waals surface area contributed by atoms with Crippen molar-refractivity contribution in [2.75, 3.05) is 5.73 Å². The fourth-order valence-electron chi connectivity index (χ4n) is 3.91. The van der Waals surface area contributed by atoms with Gasteiger partial charge in [-0.15, -0.1) is 5.10 Å². The SMILES string of the molecule is C[C@H](NC(=O)c1c(N)nn2ccccc12)c1nc2cccc(Cl)c2c(=O)n1-c1ccccc1. The Morgan fingerprint density at radius 1 is 1.06 bits per heavy atom. The van der Waals surface area contributed by atoms with E-state index < -0.39 is 11.9 Å². The lowest BCUT2D eigenvalue weighted by molar-refractivity contribution is 0.0940. The number of hydrogen-bond acceptors (Lipinski definition) is 5. The lowest BCUT2D eigenvalue weighted by Crippen LogP contribution is -2.33. The number of nitrogens with two attached hydrogens (primary N) is 1. The number of hydrogen-bond donors (Lipinski definition) is 2. The van der Waals surface area contributed by atoms with Gasteiger partial charge in [-0.3, -0.25) is 14.2 Å². The van der Waals surface area contributed by atoms with Crippen molar-refractivity contribution < 1.29 is 4.79 Å². The van der Waals surface area contributed by atoms with Gasteiger partial charge in [0.15, 0.2) is 5.82 Å². The number of nitrogens with one attached hydrogen (secondary N) is 1. The molecule has 9 heteroatoms. The number of amides is 1. The van der Waals surface area contributed by atoms with E-state index in [1.165, 1.54) is 4.57 Å². The minimum Gasteiger partial charge on any atom is -0.382 e. The van der Waals surface area contributed by atoms with E-state index in [2.05, 4.69) is 10.4 Å². The molecule has 0 saturated carbocycles. The average molecular weight is 459 g/mol. The van der Waals surface area contributed by atoms with Crippen LogP contribution in [0.15, 0.2) is 77.7 Å². The lowest BCUT2D eigenvalue weighted by Gasteiger charge is -2.20. The van der Waals surface area contributed by atoms with Crippen LogP contribution in [-0.2, 0) is 0 Å². The average Bonchev–Trinajstić information content (AvgIpc) is 3.15.